The summed E-state index contributed by atoms with van der Waals surface area (Å²) < 4.78 is 0. The van der Waals surface area contributed by atoms with Gasteiger partial charge < -0.3 is 0 Å². The third-order valence-electron chi connectivity index (χ3n) is 3.55. The Hall–Kier alpha value is -0.170. The smallest absolute Gasteiger partial charge is 0.0337 e. The SMILES string of the molecule is C1=CC2SC3=C(CCCC3)C2CC1. The highest BCUT2D eigenvalue weighted by atomic mass is 32.2. The number of hydrogen-bond donors (Lipinski definition) is 0. The number of rotatable bonds is 0. The zero-order valence-corrected chi connectivity index (χ0v) is 8.78. The minimum Gasteiger partial charge on any atom is -0.122 e. The van der Waals surface area contributed by atoms with Gasteiger partial charge in [0.05, 0.1) is 0 Å². The number of allylic oxidation sites excluding steroid dienone is 3. The van der Waals surface area contributed by atoms with E-state index in [4.69, 9.17) is 0 Å². The predicted octanol–water partition coefficient (Wildman–Crippen LogP) is 3.90. The monoisotopic (exact) mass is 192 g/mol. The van der Waals surface area contributed by atoms with Gasteiger partial charge in [-0.1, -0.05) is 17.7 Å². The lowest BCUT2D eigenvalue weighted by molar-refractivity contribution is 0.528. The molecule has 1 heterocycles. The van der Waals surface area contributed by atoms with Gasteiger partial charge in [-0.25, -0.2) is 0 Å². The summed E-state index contributed by atoms with van der Waals surface area (Å²) in [6, 6.07) is 0. The van der Waals surface area contributed by atoms with Crippen LogP contribution in [0.15, 0.2) is 22.6 Å². The molecular formula is C12H16S. The lowest BCUT2D eigenvalue weighted by Gasteiger charge is -2.23. The van der Waals surface area contributed by atoms with Crippen molar-refractivity contribution in [3.63, 3.8) is 0 Å². The summed E-state index contributed by atoms with van der Waals surface area (Å²) in [5.41, 5.74) is 1.85. The van der Waals surface area contributed by atoms with Crippen molar-refractivity contribution in [2.24, 2.45) is 5.92 Å². The topological polar surface area (TPSA) is 0 Å². The van der Waals surface area contributed by atoms with Gasteiger partial charge in [0.1, 0.15) is 0 Å². The van der Waals surface area contributed by atoms with Gasteiger partial charge in [0.15, 0.2) is 0 Å². The standard InChI is InChI=1S/C12H16S/c1-3-7-11-9(5-1)10-6-2-4-8-12(10)13-11/h3,7,9,11H,1-2,4-6,8H2. The maximum Gasteiger partial charge on any atom is 0.0337 e. The van der Waals surface area contributed by atoms with Gasteiger partial charge in [-0.3, -0.25) is 0 Å². The first-order valence-corrected chi connectivity index (χ1v) is 6.38. The Bertz CT molecular complexity index is 275. The van der Waals surface area contributed by atoms with Crippen LogP contribution in [0.1, 0.15) is 38.5 Å². The first kappa shape index (κ1) is 8.16. The molecule has 0 saturated heterocycles. The van der Waals surface area contributed by atoms with Crippen molar-refractivity contribution in [2.75, 3.05) is 0 Å². The molecule has 1 heteroatoms. The summed E-state index contributed by atoms with van der Waals surface area (Å²) in [4.78, 5) is 1.77. The van der Waals surface area contributed by atoms with E-state index in [0.29, 0.717) is 0 Å². The van der Waals surface area contributed by atoms with E-state index in [1.54, 1.807) is 4.91 Å². The molecule has 2 unspecified atom stereocenters. The highest BCUT2D eigenvalue weighted by Gasteiger charge is 2.35. The average molecular weight is 192 g/mol. The minimum absolute atomic E-state index is 0.830. The second kappa shape index (κ2) is 3.20. The van der Waals surface area contributed by atoms with Crippen molar-refractivity contribution in [3.05, 3.63) is 22.6 Å². The molecule has 0 nitrogen and oxygen atoms in total. The third-order valence-corrected chi connectivity index (χ3v) is 5.06. The van der Waals surface area contributed by atoms with E-state index < -0.39 is 0 Å². The molecule has 0 bridgehead atoms. The van der Waals surface area contributed by atoms with E-state index in [2.05, 4.69) is 23.9 Å². The largest absolute Gasteiger partial charge is 0.122 e. The van der Waals surface area contributed by atoms with Gasteiger partial charge >= 0.3 is 0 Å². The lowest BCUT2D eigenvalue weighted by Crippen LogP contribution is -2.15. The summed E-state index contributed by atoms with van der Waals surface area (Å²) in [7, 11) is 0. The summed E-state index contributed by atoms with van der Waals surface area (Å²) >= 11 is 2.17. The highest BCUT2D eigenvalue weighted by molar-refractivity contribution is 8.04. The lowest BCUT2D eigenvalue weighted by atomic mass is 9.82. The van der Waals surface area contributed by atoms with Gasteiger partial charge in [-0.05, 0) is 49.3 Å². The second-order valence-corrected chi connectivity index (χ2v) is 5.62. The molecular weight excluding hydrogens is 176 g/mol. The van der Waals surface area contributed by atoms with Crippen molar-refractivity contribution in [2.45, 2.75) is 43.8 Å². The molecule has 3 aliphatic rings. The van der Waals surface area contributed by atoms with E-state index in [1.807, 2.05) is 5.57 Å². The quantitative estimate of drug-likeness (QED) is 0.525. The van der Waals surface area contributed by atoms with Crippen LogP contribution in [0.25, 0.3) is 0 Å². The summed E-state index contributed by atoms with van der Waals surface area (Å²) in [6.07, 6.45) is 13.3. The molecule has 0 radical (unpaired) electrons. The third kappa shape index (κ3) is 1.28. The Morgan fingerprint density at radius 3 is 3.15 bits per heavy atom. The van der Waals surface area contributed by atoms with E-state index in [0.717, 1.165) is 11.2 Å². The molecule has 0 saturated carbocycles. The molecule has 2 atom stereocenters. The molecule has 0 aromatic carbocycles. The first-order chi connectivity index (χ1) is 6.45. The van der Waals surface area contributed by atoms with Crippen LogP contribution < -0.4 is 0 Å². The van der Waals surface area contributed by atoms with Crippen molar-refractivity contribution in [1.29, 1.82) is 0 Å². The first-order valence-electron chi connectivity index (χ1n) is 5.50. The van der Waals surface area contributed by atoms with Crippen LogP contribution in [0.2, 0.25) is 0 Å². The Morgan fingerprint density at radius 2 is 2.15 bits per heavy atom. The maximum atomic E-state index is 2.46. The Kier molecular flexibility index (Phi) is 2.01. The molecule has 0 amide bonds. The van der Waals surface area contributed by atoms with Gasteiger partial charge in [0.25, 0.3) is 0 Å². The molecule has 0 N–H and O–H groups in total. The van der Waals surface area contributed by atoms with Gasteiger partial charge in [0, 0.05) is 5.25 Å². The summed E-state index contributed by atoms with van der Waals surface area (Å²) in [6.45, 7) is 0. The predicted molar refractivity (Wildman–Crippen MR) is 58.7 cm³/mol. The van der Waals surface area contributed by atoms with Crippen LogP contribution in [0.4, 0.5) is 0 Å². The maximum absolute atomic E-state index is 2.46. The van der Waals surface area contributed by atoms with Gasteiger partial charge in [-0.2, -0.15) is 0 Å². The second-order valence-electron chi connectivity index (χ2n) is 4.35. The molecule has 13 heavy (non-hydrogen) atoms. The molecule has 3 rings (SSSR count). The molecule has 70 valence electrons. The van der Waals surface area contributed by atoms with E-state index in [-0.39, 0.29) is 0 Å². The van der Waals surface area contributed by atoms with Gasteiger partial charge in [0.2, 0.25) is 0 Å². The Labute approximate surface area is 84.5 Å². The summed E-state index contributed by atoms with van der Waals surface area (Å²) in [5, 5.41) is 0.830. The van der Waals surface area contributed by atoms with E-state index >= 15 is 0 Å². The molecule has 2 aliphatic carbocycles. The molecule has 0 aromatic heterocycles. The van der Waals surface area contributed by atoms with Crippen LogP contribution in [0.3, 0.4) is 0 Å². The Morgan fingerprint density at radius 1 is 1.23 bits per heavy atom. The Balaban J connectivity index is 1.91. The van der Waals surface area contributed by atoms with E-state index in [9.17, 15) is 0 Å². The molecule has 0 fully saturated rings. The van der Waals surface area contributed by atoms with Crippen LogP contribution in [0.5, 0.6) is 0 Å². The normalized spacial score (nSPS) is 37.5. The van der Waals surface area contributed by atoms with Crippen LogP contribution >= 0.6 is 11.8 Å². The minimum atomic E-state index is 0.830. The highest BCUT2D eigenvalue weighted by Crippen LogP contribution is 2.51. The fourth-order valence-corrected chi connectivity index (χ4v) is 4.54. The molecule has 0 spiro atoms. The van der Waals surface area contributed by atoms with Gasteiger partial charge in [-0.15, -0.1) is 11.8 Å². The van der Waals surface area contributed by atoms with Crippen molar-refractivity contribution >= 4 is 11.8 Å². The number of fused-ring (bicyclic) bond motifs is 2. The molecule has 1 aliphatic heterocycles. The number of thioether (sulfide) groups is 1. The fourth-order valence-electron chi connectivity index (χ4n) is 2.89. The molecule has 0 aromatic rings. The zero-order chi connectivity index (χ0) is 8.67. The van der Waals surface area contributed by atoms with Crippen LogP contribution in [-0.4, -0.2) is 5.25 Å². The van der Waals surface area contributed by atoms with Crippen molar-refractivity contribution < 1.29 is 0 Å². The van der Waals surface area contributed by atoms with Crippen LogP contribution in [-0.2, 0) is 0 Å². The van der Waals surface area contributed by atoms with Crippen LogP contribution in [0, 0.1) is 5.92 Å². The number of hydrogen-bond acceptors (Lipinski definition) is 1. The summed E-state index contributed by atoms with van der Waals surface area (Å²) in [5.74, 6) is 0.935. The van der Waals surface area contributed by atoms with Crippen molar-refractivity contribution in [1.82, 2.24) is 0 Å². The van der Waals surface area contributed by atoms with E-state index in [1.165, 1.54) is 38.5 Å². The average Bonchev–Trinajstić information content (AvgIpc) is 2.56. The van der Waals surface area contributed by atoms with Crippen molar-refractivity contribution in [3.8, 4) is 0 Å². The fraction of sp³-hybridized carbons (Fsp3) is 0.667. The zero-order valence-electron chi connectivity index (χ0n) is 7.96.